The van der Waals surface area contributed by atoms with Crippen LogP contribution < -0.4 is 0 Å². The Bertz CT molecular complexity index is 7480. The molecular weight excluding hydrogens is 1350 g/mol. The number of benzene rings is 16. The van der Waals surface area contributed by atoms with Crippen LogP contribution in [0.15, 0.2) is 376 Å². The maximum absolute atomic E-state index is 5.14. The first-order valence-corrected chi connectivity index (χ1v) is 37.8. The first-order chi connectivity index (χ1) is 55.1. The third-order valence-corrected chi connectivity index (χ3v) is 22.9. The standard InChI is InChI=1S/C52H31N5.C51H31N3/c1-3-14-33(15-4-1)50-54-51(34-16-5-2-6-17-34)56-52(55-50)41-26-28-44(39-22-10-9-21-38(39)41)57-45-27-25-32-18-13-23-40-36-19-7-8-20-37(36)42-30-35(43-24-11-12-29-53-43)31-46(57)48(42)49(45)47(32)40;1-2-12-39-38(11-1)42-15-9-10-34-23-28-47-51(49(34)42)50-43(39)30-35(44-16-7-8-29-52-44)31-48(50)54(47)37-26-21-33(22-27-37)32-19-24-36(25-20-32)53-45-17-5-3-13-40(45)41-14-4-6-18-46(41)53/h1-31H;1-31H. The molecule has 0 radical (unpaired) electrons. The highest BCUT2D eigenvalue weighted by atomic mass is 15.0. The van der Waals surface area contributed by atoms with Gasteiger partial charge in [0.15, 0.2) is 17.5 Å². The third kappa shape index (κ3) is 9.71. The van der Waals surface area contributed by atoms with Gasteiger partial charge in [-0.25, -0.2) is 15.0 Å². The number of pyridine rings is 2. The van der Waals surface area contributed by atoms with E-state index in [0.717, 1.165) is 78.1 Å². The second-order valence-corrected chi connectivity index (χ2v) is 28.9. The fourth-order valence-electron chi connectivity index (χ4n) is 18.1. The Labute approximate surface area is 638 Å². The molecule has 0 N–H and O–H groups in total. The molecule has 0 amide bonds. The van der Waals surface area contributed by atoms with E-state index >= 15 is 0 Å². The van der Waals surface area contributed by atoms with Crippen LogP contribution in [0.3, 0.4) is 0 Å². The fraction of sp³-hybridized carbons (Fsp3) is 0. The van der Waals surface area contributed by atoms with Crippen LogP contribution in [0, 0.1) is 0 Å². The molecule has 24 rings (SSSR count). The molecule has 0 fully saturated rings. The van der Waals surface area contributed by atoms with Crippen LogP contribution in [-0.4, -0.2) is 38.6 Å². The second kappa shape index (κ2) is 24.8. The second-order valence-electron chi connectivity index (χ2n) is 28.9. The minimum absolute atomic E-state index is 0.633. The van der Waals surface area contributed by atoms with Crippen molar-refractivity contribution in [1.82, 2.24) is 38.6 Å². The maximum Gasteiger partial charge on any atom is 0.164 e. The van der Waals surface area contributed by atoms with Crippen molar-refractivity contribution in [2.45, 2.75) is 0 Å². The Kier molecular flexibility index (Phi) is 13.9. The zero-order valence-electron chi connectivity index (χ0n) is 59.9. The molecule has 0 bridgehead atoms. The van der Waals surface area contributed by atoms with Crippen molar-refractivity contribution in [2.75, 3.05) is 0 Å². The Balaban J connectivity index is 0.000000133. The molecule has 111 heavy (non-hydrogen) atoms. The summed E-state index contributed by atoms with van der Waals surface area (Å²) in [5.74, 6) is 1.91. The normalized spacial score (nSPS) is 12.0. The summed E-state index contributed by atoms with van der Waals surface area (Å²) >= 11 is 0. The van der Waals surface area contributed by atoms with Gasteiger partial charge < -0.3 is 13.7 Å². The number of fused-ring (bicyclic) bond motifs is 10. The Morgan fingerprint density at radius 1 is 0.189 bits per heavy atom. The Morgan fingerprint density at radius 3 is 1.09 bits per heavy atom. The zero-order valence-corrected chi connectivity index (χ0v) is 59.9. The van der Waals surface area contributed by atoms with Gasteiger partial charge >= 0.3 is 0 Å². The molecule has 16 aromatic carbocycles. The largest absolute Gasteiger partial charge is 0.309 e. The van der Waals surface area contributed by atoms with Crippen LogP contribution in [0.4, 0.5) is 0 Å². The predicted molar refractivity (Wildman–Crippen MR) is 459 cm³/mol. The molecule has 2 aliphatic carbocycles. The molecule has 8 nitrogen and oxygen atoms in total. The van der Waals surface area contributed by atoms with Crippen LogP contribution in [0.5, 0.6) is 0 Å². The lowest BCUT2D eigenvalue weighted by Crippen LogP contribution is -2.02. The van der Waals surface area contributed by atoms with Gasteiger partial charge in [0.25, 0.3) is 0 Å². The molecule has 0 aliphatic heterocycles. The van der Waals surface area contributed by atoms with Crippen LogP contribution in [0.1, 0.15) is 0 Å². The first-order valence-electron chi connectivity index (χ1n) is 37.8. The molecule has 0 atom stereocenters. The van der Waals surface area contributed by atoms with E-state index in [9.17, 15) is 0 Å². The summed E-state index contributed by atoms with van der Waals surface area (Å²) in [6.45, 7) is 0. The monoisotopic (exact) mass is 1410 g/mol. The van der Waals surface area contributed by atoms with Crippen molar-refractivity contribution in [3.05, 3.63) is 376 Å². The van der Waals surface area contributed by atoms with E-state index in [4.69, 9.17) is 24.9 Å². The van der Waals surface area contributed by atoms with Gasteiger partial charge in [0.2, 0.25) is 0 Å². The molecule has 0 saturated heterocycles. The average molecular weight is 1410 g/mol. The summed E-state index contributed by atoms with van der Waals surface area (Å²) in [7, 11) is 0. The number of aromatic nitrogens is 8. The Hall–Kier alpha value is -15.0. The smallest absolute Gasteiger partial charge is 0.164 e. The van der Waals surface area contributed by atoms with E-state index in [1.807, 2.05) is 85.2 Å². The van der Waals surface area contributed by atoms with E-state index in [0.29, 0.717) is 17.5 Å². The highest BCUT2D eigenvalue weighted by Crippen LogP contribution is 2.54. The molecule has 0 unspecified atom stereocenters. The molecule has 22 aromatic rings. The lowest BCUT2D eigenvalue weighted by molar-refractivity contribution is 1.08. The molecule has 8 heteroatoms. The highest BCUT2D eigenvalue weighted by Gasteiger charge is 2.30. The summed E-state index contributed by atoms with van der Waals surface area (Å²) in [5, 5.41) is 14.9. The third-order valence-electron chi connectivity index (χ3n) is 22.9. The first kappa shape index (κ1) is 62.2. The van der Waals surface area contributed by atoms with Crippen LogP contribution in [0.2, 0.25) is 0 Å². The van der Waals surface area contributed by atoms with Crippen molar-refractivity contribution in [1.29, 1.82) is 0 Å². The van der Waals surface area contributed by atoms with E-state index in [-0.39, 0.29) is 0 Å². The molecule has 2 aliphatic rings. The van der Waals surface area contributed by atoms with Crippen molar-refractivity contribution >= 4 is 97.7 Å². The maximum atomic E-state index is 5.14. The number of nitrogens with zero attached hydrogens (tertiary/aromatic N) is 8. The van der Waals surface area contributed by atoms with Crippen LogP contribution in [-0.2, 0) is 0 Å². The van der Waals surface area contributed by atoms with E-state index in [2.05, 4.69) is 305 Å². The molecule has 0 saturated carbocycles. The lowest BCUT2D eigenvalue weighted by Gasteiger charge is -2.17. The molecule has 6 heterocycles. The number of para-hydroxylation sites is 2. The van der Waals surface area contributed by atoms with Gasteiger partial charge in [-0.05, 0) is 192 Å². The molecular formula is C103H62N8. The summed E-state index contributed by atoms with van der Waals surface area (Å²) in [5.41, 5.74) is 29.8. The van der Waals surface area contributed by atoms with Gasteiger partial charge in [0, 0.05) is 89.3 Å². The van der Waals surface area contributed by atoms with Gasteiger partial charge in [-0.2, -0.15) is 0 Å². The molecule has 6 aromatic heterocycles. The lowest BCUT2D eigenvalue weighted by atomic mass is 9.92. The molecule has 0 spiro atoms. The predicted octanol–water partition coefficient (Wildman–Crippen LogP) is 26.4. The van der Waals surface area contributed by atoms with Crippen molar-refractivity contribution < 1.29 is 0 Å². The zero-order chi connectivity index (χ0) is 72.8. The quantitative estimate of drug-likeness (QED) is 0.144. The number of rotatable bonds is 9. The van der Waals surface area contributed by atoms with E-state index in [1.54, 1.807) is 0 Å². The summed E-state index contributed by atoms with van der Waals surface area (Å²) in [6, 6.07) is 131. The van der Waals surface area contributed by atoms with Crippen molar-refractivity contribution in [3.8, 4) is 129 Å². The van der Waals surface area contributed by atoms with Gasteiger partial charge in [0.05, 0.1) is 50.2 Å². The fourth-order valence-corrected chi connectivity index (χ4v) is 18.1. The summed E-state index contributed by atoms with van der Waals surface area (Å²) in [6.07, 6.45) is 3.76. The van der Waals surface area contributed by atoms with Gasteiger partial charge in [0.1, 0.15) is 0 Å². The summed E-state index contributed by atoms with van der Waals surface area (Å²) in [4.78, 5) is 24.9. The van der Waals surface area contributed by atoms with Crippen LogP contribution in [0.25, 0.3) is 227 Å². The van der Waals surface area contributed by atoms with Crippen molar-refractivity contribution in [3.63, 3.8) is 0 Å². The number of hydrogen-bond donors (Lipinski definition) is 0. The highest BCUT2D eigenvalue weighted by molar-refractivity contribution is 6.33. The minimum atomic E-state index is 0.633. The van der Waals surface area contributed by atoms with E-state index in [1.165, 1.54) is 132 Å². The SMILES string of the molecule is c1ccc(-c2cc3c4c5c6c(cccc6ccc5n(-c5ccc(-c6ccc(-n7c8ccccc8c8ccccc87)cc6)cc5)c4c2)-c2ccccc2-3)nc1.c1ccc(-c2nc(-c3ccccc3)nc(-c3ccc(-n4c5cc(-c6ccccn6)cc6c5c5c7c(cccc7ccc54)-c4ccccc4-6)c4ccccc34)n2)cc1. The molecule has 514 valence electrons. The van der Waals surface area contributed by atoms with Crippen molar-refractivity contribution in [2.24, 2.45) is 0 Å². The minimum Gasteiger partial charge on any atom is -0.309 e. The summed E-state index contributed by atoms with van der Waals surface area (Å²) < 4.78 is 7.30. The van der Waals surface area contributed by atoms with Gasteiger partial charge in [-0.1, -0.05) is 255 Å². The average Bonchev–Trinajstić information content (AvgIpc) is 1.54. The van der Waals surface area contributed by atoms with Gasteiger partial charge in [-0.3, -0.25) is 9.97 Å². The van der Waals surface area contributed by atoms with E-state index < -0.39 is 0 Å². The van der Waals surface area contributed by atoms with Gasteiger partial charge in [-0.15, -0.1) is 0 Å². The number of hydrogen-bond acceptors (Lipinski definition) is 5. The Morgan fingerprint density at radius 2 is 0.595 bits per heavy atom. The topological polar surface area (TPSA) is 79.2 Å². The van der Waals surface area contributed by atoms with Crippen LogP contribution >= 0.6 is 0 Å².